The van der Waals surface area contributed by atoms with Crippen LogP contribution >= 0.6 is 0 Å². The number of amides is 3. The van der Waals surface area contributed by atoms with Crippen molar-refractivity contribution < 1.29 is 19.1 Å². The minimum Gasteiger partial charge on any atom is -0.467 e. The fraction of sp³-hybridized carbons (Fsp3) is 0.424. The average molecular weight is 572 g/mol. The maximum absolute atomic E-state index is 13.7. The van der Waals surface area contributed by atoms with Gasteiger partial charge in [-0.3, -0.25) is 4.79 Å². The minimum absolute atomic E-state index is 0.0498. The van der Waals surface area contributed by atoms with Crippen molar-refractivity contribution in [2.75, 3.05) is 26.7 Å². The SMILES string of the molecule is COC(=O)C(CCCCCN)NC(=O)C(Cc1c[nH]c2ccccc12)NC(=O)N1CCC2(C=Cc3ccccc32)CC1. The number of rotatable bonds is 11. The summed E-state index contributed by atoms with van der Waals surface area (Å²) < 4.78 is 4.98. The molecule has 2 atom stereocenters. The number of carbonyl (C=O) groups is 3. The Hall–Kier alpha value is -4.11. The average Bonchev–Trinajstić information content (AvgIpc) is 3.59. The normalized spacial score (nSPS) is 16.7. The lowest BCUT2D eigenvalue weighted by Gasteiger charge is -2.39. The smallest absolute Gasteiger partial charge is 0.328 e. The molecule has 2 unspecified atom stereocenters. The summed E-state index contributed by atoms with van der Waals surface area (Å²) in [5.41, 5.74) is 9.99. The fourth-order valence-electron chi connectivity index (χ4n) is 6.28. The number of piperidine rings is 1. The van der Waals surface area contributed by atoms with Crippen molar-refractivity contribution >= 4 is 34.9 Å². The summed E-state index contributed by atoms with van der Waals surface area (Å²) in [7, 11) is 1.31. The number of benzene rings is 2. The van der Waals surface area contributed by atoms with E-state index in [2.05, 4.69) is 52.0 Å². The first kappa shape index (κ1) is 29.4. The predicted octanol–water partition coefficient (Wildman–Crippen LogP) is 4.03. The van der Waals surface area contributed by atoms with E-state index in [1.165, 1.54) is 18.2 Å². The molecule has 1 aliphatic heterocycles. The summed E-state index contributed by atoms with van der Waals surface area (Å²) in [6.07, 6.45) is 11.1. The van der Waals surface area contributed by atoms with Crippen LogP contribution in [0.15, 0.2) is 60.8 Å². The van der Waals surface area contributed by atoms with Gasteiger partial charge in [0.25, 0.3) is 0 Å². The number of unbranched alkanes of at least 4 members (excludes halogenated alkanes) is 2. The highest BCUT2D eigenvalue weighted by Crippen LogP contribution is 2.43. The van der Waals surface area contributed by atoms with Gasteiger partial charge >= 0.3 is 12.0 Å². The number of hydrogen-bond donors (Lipinski definition) is 4. The third-order valence-corrected chi connectivity index (χ3v) is 8.73. The minimum atomic E-state index is -0.879. The van der Waals surface area contributed by atoms with Gasteiger partial charge in [0.2, 0.25) is 5.91 Å². The molecule has 3 aromatic rings. The van der Waals surface area contributed by atoms with Crippen LogP contribution in [0.3, 0.4) is 0 Å². The first-order valence-corrected chi connectivity index (χ1v) is 14.9. The second-order valence-electron chi connectivity index (χ2n) is 11.4. The number of aromatic nitrogens is 1. The quantitative estimate of drug-likeness (QED) is 0.204. The molecule has 5 rings (SSSR count). The van der Waals surface area contributed by atoms with Crippen molar-refractivity contribution in [1.29, 1.82) is 0 Å². The van der Waals surface area contributed by atoms with Gasteiger partial charge in [0.1, 0.15) is 12.1 Å². The van der Waals surface area contributed by atoms with Crippen LogP contribution in [0.1, 0.15) is 55.2 Å². The topological polar surface area (TPSA) is 130 Å². The van der Waals surface area contributed by atoms with Crippen LogP contribution in [0, 0.1) is 0 Å². The second-order valence-corrected chi connectivity index (χ2v) is 11.4. The number of nitrogens with two attached hydrogens (primary N) is 1. The maximum atomic E-state index is 13.7. The van der Waals surface area contributed by atoms with E-state index in [-0.39, 0.29) is 17.9 Å². The molecule has 1 aliphatic carbocycles. The standard InChI is InChI=1S/C33H41N5O4/c1-42-31(40)28(13-3-2-8-18-34)36-30(39)29(21-24-22-35-27-12-7-5-10-25(24)27)37-32(41)38-19-16-33(17-20-38)15-14-23-9-4-6-11-26(23)33/h4-7,9-12,14-15,22,28-29,35H,2-3,8,13,16-21,34H2,1H3,(H,36,39)(H,37,41). The van der Waals surface area contributed by atoms with Gasteiger partial charge in [-0.1, -0.05) is 67.5 Å². The molecule has 1 saturated heterocycles. The van der Waals surface area contributed by atoms with Crippen molar-refractivity contribution in [1.82, 2.24) is 20.5 Å². The molecule has 5 N–H and O–H groups in total. The number of urea groups is 1. The van der Waals surface area contributed by atoms with E-state index in [9.17, 15) is 14.4 Å². The number of hydrogen-bond acceptors (Lipinski definition) is 5. The molecule has 2 aliphatic rings. The number of fused-ring (bicyclic) bond motifs is 3. The Morgan fingerprint density at radius 1 is 1.00 bits per heavy atom. The van der Waals surface area contributed by atoms with Crippen LogP contribution < -0.4 is 16.4 Å². The van der Waals surface area contributed by atoms with Crippen molar-refractivity contribution in [3.8, 4) is 0 Å². The summed E-state index contributed by atoms with van der Waals surface area (Å²) in [4.78, 5) is 44.8. The Balaban J connectivity index is 1.29. The van der Waals surface area contributed by atoms with Gasteiger partial charge in [-0.15, -0.1) is 0 Å². The van der Waals surface area contributed by atoms with Crippen LogP contribution in [0.25, 0.3) is 17.0 Å². The zero-order valence-corrected chi connectivity index (χ0v) is 24.2. The first-order chi connectivity index (χ1) is 20.4. The fourth-order valence-corrected chi connectivity index (χ4v) is 6.28. The zero-order chi connectivity index (χ0) is 29.5. The number of nitrogens with one attached hydrogen (secondary N) is 3. The third-order valence-electron chi connectivity index (χ3n) is 8.73. The van der Waals surface area contributed by atoms with Crippen molar-refractivity contribution in [3.63, 3.8) is 0 Å². The molecule has 1 spiro atoms. The predicted molar refractivity (Wildman–Crippen MR) is 164 cm³/mol. The van der Waals surface area contributed by atoms with E-state index in [1.807, 2.05) is 30.5 Å². The van der Waals surface area contributed by atoms with E-state index in [0.29, 0.717) is 26.1 Å². The number of allylic oxidation sites excluding steroid dienone is 1. The number of ether oxygens (including phenoxy) is 1. The summed E-state index contributed by atoms with van der Waals surface area (Å²) in [5, 5.41) is 6.86. The maximum Gasteiger partial charge on any atom is 0.328 e. The summed E-state index contributed by atoms with van der Waals surface area (Å²) >= 11 is 0. The number of esters is 1. The van der Waals surface area contributed by atoms with Crippen molar-refractivity contribution in [3.05, 3.63) is 77.5 Å². The monoisotopic (exact) mass is 571 g/mol. The molecular weight excluding hydrogens is 530 g/mol. The lowest BCUT2D eigenvalue weighted by atomic mass is 9.74. The van der Waals surface area contributed by atoms with E-state index in [1.54, 1.807) is 4.90 Å². The molecule has 9 nitrogen and oxygen atoms in total. The van der Waals surface area contributed by atoms with Crippen LogP contribution in [0.5, 0.6) is 0 Å². The molecule has 1 aromatic heterocycles. The molecule has 3 amide bonds. The van der Waals surface area contributed by atoms with Crippen LogP contribution in [0.4, 0.5) is 4.79 Å². The Morgan fingerprint density at radius 3 is 2.55 bits per heavy atom. The van der Waals surface area contributed by atoms with Gasteiger partial charge in [0.05, 0.1) is 7.11 Å². The highest BCUT2D eigenvalue weighted by Gasteiger charge is 2.39. The van der Waals surface area contributed by atoms with Crippen LogP contribution in [-0.4, -0.2) is 66.6 Å². The van der Waals surface area contributed by atoms with E-state index >= 15 is 0 Å². The molecule has 2 aromatic carbocycles. The van der Waals surface area contributed by atoms with E-state index < -0.39 is 24.0 Å². The van der Waals surface area contributed by atoms with Crippen molar-refractivity contribution in [2.24, 2.45) is 5.73 Å². The van der Waals surface area contributed by atoms with Gasteiger partial charge in [-0.25, -0.2) is 9.59 Å². The largest absolute Gasteiger partial charge is 0.467 e. The van der Waals surface area contributed by atoms with Gasteiger partial charge in [-0.2, -0.15) is 0 Å². The molecule has 222 valence electrons. The summed E-state index contributed by atoms with van der Waals surface area (Å²) in [5.74, 6) is -0.913. The number of likely N-dealkylation sites (tertiary alicyclic amines) is 1. The highest BCUT2D eigenvalue weighted by atomic mass is 16.5. The molecule has 42 heavy (non-hydrogen) atoms. The Morgan fingerprint density at radius 2 is 1.76 bits per heavy atom. The molecule has 2 heterocycles. The zero-order valence-electron chi connectivity index (χ0n) is 24.2. The molecule has 1 fully saturated rings. The lowest BCUT2D eigenvalue weighted by Crippen LogP contribution is -2.56. The summed E-state index contributed by atoms with van der Waals surface area (Å²) in [6, 6.07) is 14.3. The Labute approximate surface area is 246 Å². The van der Waals surface area contributed by atoms with Gasteiger partial charge < -0.3 is 31.0 Å². The second kappa shape index (κ2) is 13.2. The van der Waals surface area contributed by atoms with Crippen molar-refractivity contribution in [2.45, 2.75) is 62.4 Å². The van der Waals surface area contributed by atoms with Crippen LogP contribution in [0.2, 0.25) is 0 Å². The van der Waals surface area contributed by atoms with E-state index in [0.717, 1.165) is 48.6 Å². The molecule has 0 bridgehead atoms. The van der Waals surface area contributed by atoms with Crippen LogP contribution in [-0.2, 0) is 26.2 Å². The number of aromatic amines is 1. The molecule has 9 heteroatoms. The summed E-state index contributed by atoms with van der Waals surface area (Å²) in [6.45, 7) is 1.74. The number of methoxy groups -OCH3 is 1. The van der Waals surface area contributed by atoms with Gasteiger partial charge in [-0.05, 0) is 55.0 Å². The number of carbonyl (C=O) groups excluding carboxylic acids is 3. The Bertz CT molecular complexity index is 1440. The number of nitrogens with zero attached hydrogens (tertiary/aromatic N) is 1. The van der Waals surface area contributed by atoms with Gasteiger partial charge in [0.15, 0.2) is 0 Å². The molecular formula is C33H41N5O4. The number of para-hydroxylation sites is 1. The number of H-pyrrole nitrogens is 1. The third kappa shape index (κ3) is 6.36. The van der Waals surface area contributed by atoms with E-state index in [4.69, 9.17) is 10.5 Å². The first-order valence-electron chi connectivity index (χ1n) is 14.9. The highest BCUT2D eigenvalue weighted by molar-refractivity contribution is 5.92. The molecule has 0 radical (unpaired) electrons. The Kier molecular flexibility index (Phi) is 9.27. The molecule has 0 saturated carbocycles. The van der Waals surface area contributed by atoms with Gasteiger partial charge in [0, 0.05) is 42.0 Å². The lowest BCUT2D eigenvalue weighted by molar-refractivity contribution is -0.145.